The first-order valence-electron chi connectivity index (χ1n) is 6.31. The van der Waals surface area contributed by atoms with Gasteiger partial charge in [-0.25, -0.2) is 0 Å². The molecule has 1 aliphatic rings. The monoisotopic (exact) mass is 311 g/mol. The van der Waals surface area contributed by atoms with Crippen LogP contribution in [0.5, 0.6) is 0 Å². The largest absolute Gasteiger partial charge is 0.471 e. The number of ether oxygens (including phenoxy) is 2. The second-order valence-corrected chi connectivity index (χ2v) is 4.78. The van der Waals surface area contributed by atoms with Crippen LogP contribution in [0.4, 0.5) is 13.2 Å². The van der Waals surface area contributed by atoms with Crippen LogP contribution in [0.15, 0.2) is 0 Å². The maximum atomic E-state index is 12.2. The predicted molar refractivity (Wildman–Crippen MR) is 62.9 cm³/mol. The molecule has 0 spiro atoms. The molecule has 0 aromatic carbocycles. The van der Waals surface area contributed by atoms with Gasteiger partial charge in [-0.15, -0.1) is 0 Å². The minimum atomic E-state index is -4.97. The molecule has 9 heteroatoms. The summed E-state index contributed by atoms with van der Waals surface area (Å²) in [7, 11) is 0. The summed E-state index contributed by atoms with van der Waals surface area (Å²) in [6, 6.07) is -0.796. The summed E-state index contributed by atoms with van der Waals surface area (Å²) in [5.74, 6) is -3.25. The number of rotatable bonds is 3. The summed E-state index contributed by atoms with van der Waals surface area (Å²) >= 11 is 0. The fraction of sp³-hybridized carbons (Fsp3) is 0.750. The molecule has 1 rings (SSSR count). The molecule has 0 aromatic rings. The lowest BCUT2D eigenvalue weighted by molar-refractivity contribution is -0.177. The standard InChI is InChI=1S/C12H16F3NO5/c1-6(17)20-9-4-3-8(5-10(9)21-7(2)18)16-11(19)12(13,14)15/h8-10H,3-5H2,1-2H3,(H,16,19)/t8-,9+,10-/m1/s1. The van der Waals surface area contributed by atoms with E-state index in [9.17, 15) is 27.6 Å². The number of carbonyl (C=O) groups is 3. The normalized spacial score (nSPS) is 25.9. The van der Waals surface area contributed by atoms with E-state index in [0.29, 0.717) is 0 Å². The molecule has 1 N–H and O–H groups in total. The number of carbonyl (C=O) groups excluding carboxylic acids is 3. The van der Waals surface area contributed by atoms with Crippen molar-refractivity contribution in [2.75, 3.05) is 0 Å². The zero-order valence-electron chi connectivity index (χ0n) is 11.5. The first-order valence-corrected chi connectivity index (χ1v) is 6.31. The van der Waals surface area contributed by atoms with Crippen LogP contribution < -0.4 is 5.32 Å². The van der Waals surface area contributed by atoms with E-state index in [-0.39, 0.29) is 19.3 Å². The van der Waals surface area contributed by atoms with Gasteiger partial charge in [-0.3, -0.25) is 14.4 Å². The van der Waals surface area contributed by atoms with Crippen molar-refractivity contribution in [2.45, 2.75) is 57.5 Å². The van der Waals surface area contributed by atoms with Crippen LogP contribution in [0.25, 0.3) is 0 Å². The zero-order valence-corrected chi connectivity index (χ0v) is 11.5. The van der Waals surface area contributed by atoms with E-state index >= 15 is 0 Å². The van der Waals surface area contributed by atoms with Crippen molar-refractivity contribution >= 4 is 17.8 Å². The molecule has 1 fully saturated rings. The SMILES string of the molecule is CC(=O)O[C@H]1CC[C@@H](NC(=O)C(F)(F)F)C[C@H]1OC(C)=O. The zero-order chi connectivity index (χ0) is 16.2. The van der Waals surface area contributed by atoms with E-state index in [1.165, 1.54) is 6.92 Å². The molecular weight excluding hydrogens is 295 g/mol. The lowest BCUT2D eigenvalue weighted by Gasteiger charge is -2.35. The molecule has 0 radical (unpaired) electrons. The first-order chi connectivity index (χ1) is 9.59. The van der Waals surface area contributed by atoms with Crippen molar-refractivity contribution in [1.29, 1.82) is 0 Å². The van der Waals surface area contributed by atoms with Gasteiger partial charge in [-0.2, -0.15) is 13.2 Å². The Morgan fingerprint density at radius 3 is 2.00 bits per heavy atom. The maximum Gasteiger partial charge on any atom is 0.471 e. The van der Waals surface area contributed by atoms with Gasteiger partial charge in [0, 0.05) is 26.3 Å². The molecule has 0 heterocycles. The van der Waals surface area contributed by atoms with E-state index in [1.807, 2.05) is 5.32 Å². The number of alkyl halides is 3. The lowest BCUT2D eigenvalue weighted by atomic mass is 9.90. The molecule has 0 bridgehead atoms. The second kappa shape index (κ2) is 6.77. The van der Waals surface area contributed by atoms with Crippen LogP contribution in [-0.4, -0.2) is 42.3 Å². The minimum Gasteiger partial charge on any atom is -0.459 e. The molecule has 1 saturated carbocycles. The summed E-state index contributed by atoms with van der Waals surface area (Å²) in [5.41, 5.74) is 0. The van der Waals surface area contributed by atoms with Gasteiger partial charge < -0.3 is 14.8 Å². The Morgan fingerprint density at radius 2 is 1.52 bits per heavy atom. The highest BCUT2D eigenvalue weighted by molar-refractivity contribution is 5.81. The molecule has 1 aliphatic carbocycles. The Kier molecular flexibility index (Phi) is 5.56. The number of esters is 2. The summed E-state index contributed by atoms with van der Waals surface area (Å²) in [6.07, 6.45) is -6.22. The Balaban J connectivity index is 2.67. The van der Waals surface area contributed by atoms with E-state index in [4.69, 9.17) is 9.47 Å². The molecule has 120 valence electrons. The smallest absolute Gasteiger partial charge is 0.459 e. The molecule has 0 aliphatic heterocycles. The Morgan fingerprint density at radius 1 is 1.00 bits per heavy atom. The van der Waals surface area contributed by atoms with Crippen LogP contribution in [0.2, 0.25) is 0 Å². The minimum absolute atomic E-state index is 0.0423. The highest BCUT2D eigenvalue weighted by Gasteiger charge is 2.42. The van der Waals surface area contributed by atoms with E-state index in [2.05, 4.69) is 0 Å². The molecular formula is C12H16F3NO5. The topological polar surface area (TPSA) is 81.7 Å². The van der Waals surface area contributed by atoms with E-state index < -0.39 is 42.3 Å². The fourth-order valence-corrected chi connectivity index (χ4v) is 2.18. The highest BCUT2D eigenvalue weighted by atomic mass is 19.4. The van der Waals surface area contributed by atoms with Gasteiger partial charge in [0.1, 0.15) is 12.2 Å². The molecule has 1 amide bonds. The molecule has 0 unspecified atom stereocenters. The van der Waals surface area contributed by atoms with Gasteiger partial charge in [0.25, 0.3) is 0 Å². The number of halogens is 3. The van der Waals surface area contributed by atoms with Gasteiger partial charge in [0.2, 0.25) is 0 Å². The summed E-state index contributed by atoms with van der Waals surface area (Å²) in [5, 5.41) is 1.84. The van der Waals surface area contributed by atoms with Crippen LogP contribution in [0, 0.1) is 0 Å². The average molecular weight is 311 g/mol. The number of hydrogen-bond acceptors (Lipinski definition) is 5. The van der Waals surface area contributed by atoms with Gasteiger partial charge in [0.15, 0.2) is 0 Å². The first kappa shape index (κ1) is 17.3. The van der Waals surface area contributed by atoms with Crippen LogP contribution in [0.3, 0.4) is 0 Å². The molecule has 21 heavy (non-hydrogen) atoms. The summed E-state index contributed by atoms with van der Waals surface area (Å²) < 4.78 is 46.5. The van der Waals surface area contributed by atoms with Crippen molar-refractivity contribution in [1.82, 2.24) is 5.32 Å². The molecule has 6 nitrogen and oxygen atoms in total. The second-order valence-electron chi connectivity index (χ2n) is 4.78. The fourth-order valence-electron chi connectivity index (χ4n) is 2.18. The number of amides is 1. The van der Waals surface area contributed by atoms with Crippen LogP contribution in [-0.2, 0) is 23.9 Å². The third-order valence-electron chi connectivity index (χ3n) is 2.96. The number of hydrogen-bond donors (Lipinski definition) is 1. The lowest BCUT2D eigenvalue weighted by Crippen LogP contribution is -2.50. The van der Waals surface area contributed by atoms with Crippen molar-refractivity contribution < 1.29 is 37.0 Å². The van der Waals surface area contributed by atoms with E-state index in [1.54, 1.807) is 0 Å². The third kappa shape index (κ3) is 5.60. The summed E-state index contributed by atoms with van der Waals surface area (Å²) in [4.78, 5) is 32.8. The maximum absolute atomic E-state index is 12.2. The van der Waals surface area contributed by atoms with Crippen LogP contribution >= 0.6 is 0 Å². The third-order valence-corrected chi connectivity index (χ3v) is 2.96. The van der Waals surface area contributed by atoms with Gasteiger partial charge in [-0.1, -0.05) is 0 Å². The van der Waals surface area contributed by atoms with Gasteiger partial charge >= 0.3 is 24.0 Å². The van der Waals surface area contributed by atoms with Crippen LogP contribution in [0.1, 0.15) is 33.1 Å². The summed E-state index contributed by atoms with van der Waals surface area (Å²) in [6.45, 7) is 2.32. The Hall–Kier alpha value is -1.80. The van der Waals surface area contributed by atoms with Gasteiger partial charge in [-0.05, 0) is 12.8 Å². The molecule has 0 aromatic heterocycles. The van der Waals surface area contributed by atoms with Crippen molar-refractivity contribution in [3.8, 4) is 0 Å². The van der Waals surface area contributed by atoms with Crippen molar-refractivity contribution in [3.05, 3.63) is 0 Å². The number of nitrogens with one attached hydrogen (secondary N) is 1. The van der Waals surface area contributed by atoms with Crippen molar-refractivity contribution in [3.63, 3.8) is 0 Å². The quantitative estimate of drug-likeness (QED) is 0.789. The molecule has 0 saturated heterocycles. The predicted octanol–water partition coefficient (Wildman–Crippen LogP) is 1.08. The Bertz CT molecular complexity index is 424. The average Bonchev–Trinajstić information content (AvgIpc) is 2.30. The van der Waals surface area contributed by atoms with Gasteiger partial charge in [0.05, 0.1) is 0 Å². The van der Waals surface area contributed by atoms with Crippen molar-refractivity contribution in [2.24, 2.45) is 0 Å². The molecule has 3 atom stereocenters. The van der Waals surface area contributed by atoms with E-state index in [0.717, 1.165) is 6.92 Å². The highest BCUT2D eigenvalue weighted by Crippen LogP contribution is 2.26. The Labute approximate surface area is 119 Å².